The Balaban J connectivity index is 3.61. The van der Waals surface area contributed by atoms with E-state index in [-0.39, 0.29) is 18.5 Å². The van der Waals surface area contributed by atoms with Gasteiger partial charge in [-0.25, -0.2) is 0 Å². The number of rotatable bonds is 25. The second-order valence-electron chi connectivity index (χ2n) is 9.14. The second-order valence-corrected chi connectivity index (χ2v) is 9.14. The summed E-state index contributed by atoms with van der Waals surface area (Å²) in [7, 11) is 0. The van der Waals surface area contributed by atoms with E-state index in [4.69, 9.17) is 9.57 Å². The molecule has 0 saturated carbocycles. The minimum Gasteiger partial charge on any atom is -0.466 e. The number of nitrogens with zero attached hydrogens (tertiary/aromatic N) is 1. The Morgan fingerprint density at radius 2 is 1.09 bits per heavy atom. The Kier molecular flexibility index (Phi) is 24.6. The summed E-state index contributed by atoms with van der Waals surface area (Å²) in [5.74, 6) is -0.272. The fraction of sp³-hybridized carbons (Fsp3) is 0.926. The highest BCUT2D eigenvalue weighted by Crippen LogP contribution is 2.10. The molecule has 0 atom stereocenters. The largest absolute Gasteiger partial charge is 0.466 e. The van der Waals surface area contributed by atoms with Crippen LogP contribution in [0.2, 0.25) is 0 Å². The van der Waals surface area contributed by atoms with Gasteiger partial charge in [-0.2, -0.15) is 0 Å². The first kappa shape index (κ1) is 31.9. The van der Waals surface area contributed by atoms with Gasteiger partial charge in [0.1, 0.15) is 0 Å². The summed E-state index contributed by atoms with van der Waals surface area (Å²) < 4.78 is 5.32. The third kappa shape index (κ3) is 23.8. The van der Waals surface area contributed by atoms with E-state index < -0.39 is 0 Å². The molecule has 0 aliphatic rings. The molecule has 0 radical (unpaired) electrons. The number of carbonyl (C=O) groups is 2. The van der Waals surface area contributed by atoms with E-state index in [9.17, 15) is 14.7 Å². The summed E-state index contributed by atoms with van der Waals surface area (Å²) in [6.07, 6.45) is 19.9. The number of aliphatic hydroxyl groups excluding tert-OH is 1. The van der Waals surface area contributed by atoms with Crippen molar-refractivity contribution in [2.75, 3.05) is 26.3 Å². The fourth-order valence-corrected chi connectivity index (χ4v) is 3.78. The molecule has 0 heterocycles. The molecule has 0 rings (SSSR count). The molecule has 0 aromatic heterocycles. The minimum absolute atomic E-state index is 0.0231. The molecule has 0 aliphatic heterocycles. The van der Waals surface area contributed by atoms with Crippen LogP contribution in [-0.2, 0) is 19.2 Å². The molecule has 0 fully saturated rings. The maximum absolute atomic E-state index is 12.0. The van der Waals surface area contributed by atoms with Gasteiger partial charge in [0.15, 0.2) is 0 Å². The van der Waals surface area contributed by atoms with Gasteiger partial charge >= 0.3 is 11.9 Å². The molecule has 0 aliphatic carbocycles. The Bertz CT molecular complexity index is 444. The predicted octanol–water partition coefficient (Wildman–Crippen LogP) is 6.73. The smallest absolute Gasteiger partial charge is 0.325 e. The number of carbonyl (C=O) groups excluding carboxylic acids is 2. The molecule has 196 valence electrons. The molecule has 0 bridgehead atoms. The number of hydrogen-bond donors (Lipinski definition) is 1. The second kappa shape index (κ2) is 25.5. The van der Waals surface area contributed by atoms with Crippen molar-refractivity contribution in [3.05, 3.63) is 0 Å². The number of unbranched alkanes of at least 4 members (excludes halogenated alkanes) is 14. The first-order valence-electron chi connectivity index (χ1n) is 13.9. The van der Waals surface area contributed by atoms with Crippen LogP contribution in [0.5, 0.6) is 0 Å². The van der Waals surface area contributed by atoms with E-state index in [0.717, 1.165) is 57.8 Å². The molecular weight excluding hydrogens is 418 g/mol. The van der Waals surface area contributed by atoms with Crippen LogP contribution in [0.25, 0.3) is 0 Å². The lowest BCUT2D eigenvalue weighted by Gasteiger charge is -2.20. The summed E-state index contributed by atoms with van der Waals surface area (Å²) in [5, 5.41) is 10.8. The Labute approximate surface area is 203 Å². The molecule has 1 N–H and O–H groups in total. The van der Waals surface area contributed by atoms with Gasteiger partial charge in [0.25, 0.3) is 0 Å². The van der Waals surface area contributed by atoms with Gasteiger partial charge in [-0.3, -0.25) is 9.59 Å². The highest BCUT2D eigenvalue weighted by atomic mass is 16.7. The van der Waals surface area contributed by atoms with Gasteiger partial charge in [0.2, 0.25) is 0 Å². The number of hydrogen-bond acceptors (Lipinski definition) is 6. The standard InChI is InChI=1S/C27H53NO5/c1-3-5-7-9-10-15-19-25-32-26(30)20-16-13-11-14-18-22-28(23-24-29)33-27(31)21-17-12-8-6-4-2/h29H,3-25H2,1-2H3. The third-order valence-corrected chi connectivity index (χ3v) is 5.86. The van der Waals surface area contributed by atoms with Crippen molar-refractivity contribution in [3.8, 4) is 0 Å². The molecular formula is C27H53NO5. The lowest BCUT2D eigenvalue weighted by Crippen LogP contribution is -2.31. The molecule has 0 aromatic rings. The van der Waals surface area contributed by atoms with Crippen molar-refractivity contribution < 1.29 is 24.3 Å². The van der Waals surface area contributed by atoms with E-state index in [0.29, 0.717) is 32.5 Å². The molecule has 6 heteroatoms. The molecule has 33 heavy (non-hydrogen) atoms. The molecule has 6 nitrogen and oxygen atoms in total. The van der Waals surface area contributed by atoms with Crippen molar-refractivity contribution in [2.24, 2.45) is 0 Å². The zero-order valence-corrected chi connectivity index (χ0v) is 21.8. The highest BCUT2D eigenvalue weighted by molar-refractivity contribution is 5.69. The monoisotopic (exact) mass is 471 g/mol. The van der Waals surface area contributed by atoms with Crippen LogP contribution in [-0.4, -0.2) is 48.4 Å². The SMILES string of the molecule is CCCCCCCCCOC(=O)CCCCCCCN(CCO)OC(=O)CCCCCCC. The Morgan fingerprint density at radius 1 is 0.606 bits per heavy atom. The Hall–Kier alpha value is -1.14. The van der Waals surface area contributed by atoms with Crippen molar-refractivity contribution in [2.45, 2.75) is 136 Å². The van der Waals surface area contributed by atoms with Crippen molar-refractivity contribution in [1.82, 2.24) is 5.06 Å². The summed E-state index contributed by atoms with van der Waals surface area (Å²) in [6.45, 7) is 5.93. The quantitative estimate of drug-likeness (QED) is 0.0903. The zero-order valence-electron chi connectivity index (χ0n) is 21.8. The predicted molar refractivity (Wildman–Crippen MR) is 135 cm³/mol. The average Bonchev–Trinajstić information content (AvgIpc) is 2.80. The van der Waals surface area contributed by atoms with Crippen LogP contribution >= 0.6 is 0 Å². The highest BCUT2D eigenvalue weighted by Gasteiger charge is 2.11. The molecule has 0 unspecified atom stereocenters. The van der Waals surface area contributed by atoms with Crippen LogP contribution in [0.1, 0.15) is 136 Å². The van der Waals surface area contributed by atoms with Crippen molar-refractivity contribution in [1.29, 1.82) is 0 Å². The van der Waals surface area contributed by atoms with Gasteiger partial charge in [0.05, 0.1) is 19.8 Å². The van der Waals surface area contributed by atoms with E-state index in [2.05, 4.69) is 13.8 Å². The number of esters is 1. The van der Waals surface area contributed by atoms with E-state index in [1.807, 2.05) is 0 Å². The summed E-state index contributed by atoms with van der Waals surface area (Å²) in [5.41, 5.74) is 0. The van der Waals surface area contributed by atoms with E-state index >= 15 is 0 Å². The van der Waals surface area contributed by atoms with Crippen molar-refractivity contribution in [3.63, 3.8) is 0 Å². The lowest BCUT2D eigenvalue weighted by molar-refractivity contribution is -0.192. The van der Waals surface area contributed by atoms with E-state index in [1.165, 1.54) is 51.4 Å². The third-order valence-electron chi connectivity index (χ3n) is 5.86. The van der Waals surface area contributed by atoms with Crippen LogP contribution < -0.4 is 0 Å². The fourth-order valence-electron chi connectivity index (χ4n) is 3.78. The zero-order chi connectivity index (χ0) is 24.4. The topological polar surface area (TPSA) is 76.1 Å². The summed E-state index contributed by atoms with van der Waals surface area (Å²) >= 11 is 0. The molecule has 0 saturated heterocycles. The van der Waals surface area contributed by atoms with Gasteiger partial charge < -0.3 is 14.7 Å². The number of aliphatic hydroxyl groups is 1. The van der Waals surface area contributed by atoms with Crippen LogP contribution in [0.3, 0.4) is 0 Å². The average molecular weight is 472 g/mol. The van der Waals surface area contributed by atoms with Gasteiger partial charge in [-0.15, -0.1) is 5.06 Å². The molecule has 0 spiro atoms. The number of hydroxylamine groups is 2. The minimum atomic E-state index is -0.199. The lowest BCUT2D eigenvalue weighted by atomic mass is 10.1. The van der Waals surface area contributed by atoms with Crippen molar-refractivity contribution >= 4 is 11.9 Å². The van der Waals surface area contributed by atoms with Gasteiger partial charge in [-0.1, -0.05) is 97.3 Å². The molecule has 0 amide bonds. The number of ether oxygens (including phenoxy) is 1. The van der Waals surface area contributed by atoms with Crippen LogP contribution in [0.15, 0.2) is 0 Å². The maximum Gasteiger partial charge on any atom is 0.325 e. The van der Waals surface area contributed by atoms with E-state index in [1.54, 1.807) is 5.06 Å². The van der Waals surface area contributed by atoms with Gasteiger partial charge in [-0.05, 0) is 25.7 Å². The normalized spacial score (nSPS) is 11.2. The van der Waals surface area contributed by atoms with Gasteiger partial charge in [0, 0.05) is 19.4 Å². The summed E-state index contributed by atoms with van der Waals surface area (Å²) in [6, 6.07) is 0. The Morgan fingerprint density at radius 3 is 1.67 bits per heavy atom. The van der Waals surface area contributed by atoms with Crippen LogP contribution in [0.4, 0.5) is 0 Å². The van der Waals surface area contributed by atoms with Crippen LogP contribution in [0, 0.1) is 0 Å². The first-order chi connectivity index (χ1) is 16.1. The first-order valence-corrected chi connectivity index (χ1v) is 13.9. The summed E-state index contributed by atoms with van der Waals surface area (Å²) in [4.78, 5) is 29.2. The molecule has 0 aromatic carbocycles. The maximum atomic E-state index is 12.0.